The zero-order valence-corrected chi connectivity index (χ0v) is 17.5. The van der Waals surface area contributed by atoms with Gasteiger partial charge in [-0.2, -0.15) is 0 Å². The Morgan fingerprint density at radius 1 is 0.964 bits per heavy atom. The van der Waals surface area contributed by atoms with Gasteiger partial charge in [0, 0.05) is 5.56 Å². The minimum Gasteiger partial charge on any atom is -0.462 e. The molecule has 0 saturated heterocycles. The normalized spacial score (nSPS) is 11.5. The highest BCUT2D eigenvalue weighted by Crippen LogP contribution is 2.28. The van der Waals surface area contributed by atoms with Crippen molar-refractivity contribution in [2.75, 3.05) is 12.3 Å². The Kier molecular flexibility index (Phi) is 6.95. The van der Waals surface area contributed by atoms with Crippen molar-refractivity contribution < 1.29 is 28.6 Å². The number of carbonyl (C=O) groups is 3. The molecular weight excluding hydrogens is 364 g/mol. The lowest BCUT2D eigenvalue weighted by molar-refractivity contribution is 0.00554. The Morgan fingerprint density at radius 2 is 1.46 bits per heavy atom. The van der Waals surface area contributed by atoms with Crippen LogP contribution in [-0.4, -0.2) is 40.7 Å². The summed E-state index contributed by atoms with van der Waals surface area (Å²) in [6.45, 7) is 15.2. The van der Waals surface area contributed by atoms with Gasteiger partial charge < -0.3 is 19.9 Å². The van der Waals surface area contributed by atoms with E-state index in [1.807, 2.05) is 0 Å². The summed E-state index contributed by atoms with van der Waals surface area (Å²) in [5.74, 6) is -2.85. The number of nitrogen functional groups attached to an aromatic ring is 1. The third-order valence-corrected chi connectivity index (χ3v) is 3.14. The Bertz CT molecular complexity index is 800. The number of pyridine rings is 1. The molecule has 1 rings (SSSR count). The van der Waals surface area contributed by atoms with Crippen LogP contribution in [0.4, 0.5) is 5.82 Å². The molecule has 1 aromatic heterocycles. The van der Waals surface area contributed by atoms with Gasteiger partial charge in [-0.3, -0.25) is 0 Å². The molecule has 0 aliphatic rings. The van der Waals surface area contributed by atoms with Gasteiger partial charge in [0.25, 0.3) is 0 Å². The minimum absolute atomic E-state index is 0.0220. The van der Waals surface area contributed by atoms with Crippen LogP contribution in [0, 0.1) is 0 Å². The number of carbonyl (C=O) groups excluding carboxylic acids is 3. The molecule has 1 aromatic rings. The average Bonchev–Trinajstić information content (AvgIpc) is 2.50. The van der Waals surface area contributed by atoms with Crippen molar-refractivity contribution >= 4 is 29.8 Å². The van der Waals surface area contributed by atoms with E-state index in [9.17, 15) is 14.4 Å². The SMILES string of the molecule is C=Cc1c(N)nc(C(=O)OC(C)(C)C)c(C(=O)OCC)c1C(=O)OC(C)(C)C. The van der Waals surface area contributed by atoms with Crippen LogP contribution < -0.4 is 5.73 Å². The largest absolute Gasteiger partial charge is 0.462 e. The molecule has 1 heterocycles. The lowest BCUT2D eigenvalue weighted by Gasteiger charge is -2.23. The molecule has 0 aromatic carbocycles. The third kappa shape index (κ3) is 5.80. The predicted molar refractivity (Wildman–Crippen MR) is 105 cm³/mol. The molecule has 8 heteroatoms. The van der Waals surface area contributed by atoms with Gasteiger partial charge in [0.15, 0.2) is 5.69 Å². The molecular formula is C20H28N2O6. The molecule has 0 aliphatic carbocycles. The maximum Gasteiger partial charge on any atom is 0.358 e. The number of aromatic nitrogens is 1. The van der Waals surface area contributed by atoms with Crippen LogP contribution in [-0.2, 0) is 14.2 Å². The van der Waals surface area contributed by atoms with Gasteiger partial charge >= 0.3 is 17.9 Å². The summed E-state index contributed by atoms with van der Waals surface area (Å²) in [6, 6.07) is 0. The van der Waals surface area contributed by atoms with Crippen molar-refractivity contribution in [3.05, 3.63) is 29.0 Å². The fraction of sp³-hybridized carbons (Fsp3) is 0.500. The highest BCUT2D eigenvalue weighted by molar-refractivity contribution is 6.12. The second-order valence-corrected chi connectivity index (χ2v) is 7.94. The zero-order chi connectivity index (χ0) is 21.9. The summed E-state index contributed by atoms with van der Waals surface area (Å²) in [5.41, 5.74) is 3.26. The molecule has 0 spiro atoms. The first-order valence-corrected chi connectivity index (χ1v) is 8.81. The Hall–Kier alpha value is -2.90. The molecule has 8 nitrogen and oxygen atoms in total. The first-order chi connectivity index (χ1) is 12.7. The first kappa shape index (κ1) is 23.1. The molecule has 0 unspecified atom stereocenters. The predicted octanol–water partition coefficient (Wildman–Crippen LogP) is 3.39. The van der Waals surface area contributed by atoms with E-state index in [4.69, 9.17) is 19.9 Å². The van der Waals surface area contributed by atoms with Gasteiger partial charge in [-0.25, -0.2) is 19.4 Å². The van der Waals surface area contributed by atoms with Crippen molar-refractivity contribution in [3.8, 4) is 0 Å². The molecule has 2 N–H and O–H groups in total. The second kappa shape index (κ2) is 8.41. The molecule has 28 heavy (non-hydrogen) atoms. The van der Waals surface area contributed by atoms with Gasteiger partial charge in [-0.15, -0.1) is 0 Å². The summed E-state index contributed by atoms with van der Waals surface area (Å²) < 4.78 is 15.7. The van der Waals surface area contributed by atoms with Crippen LogP contribution in [0.25, 0.3) is 6.08 Å². The van der Waals surface area contributed by atoms with Crippen molar-refractivity contribution in [2.45, 2.75) is 59.7 Å². The van der Waals surface area contributed by atoms with E-state index in [-0.39, 0.29) is 29.1 Å². The first-order valence-electron chi connectivity index (χ1n) is 8.81. The van der Waals surface area contributed by atoms with E-state index >= 15 is 0 Å². The van der Waals surface area contributed by atoms with Crippen LogP contribution in [0.3, 0.4) is 0 Å². The second-order valence-electron chi connectivity index (χ2n) is 7.94. The molecule has 154 valence electrons. The van der Waals surface area contributed by atoms with E-state index in [2.05, 4.69) is 11.6 Å². The fourth-order valence-electron chi connectivity index (χ4n) is 2.24. The molecule has 0 aliphatic heterocycles. The standard InChI is InChI=1S/C20H28N2O6/c1-9-11-12(17(24)27-19(3,4)5)13(16(23)26-10-2)14(22-15(11)21)18(25)28-20(6,7)8/h9H,1,10H2,2-8H3,(H2,21,22). The lowest BCUT2D eigenvalue weighted by Crippen LogP contribution is -2.30. The quantitative estimate of drug-likeness (QED) is 0.598. The zero-order valence-electron chi connectivity index (χ0n) is 17.5. The molecule has 0 radical (unpaired) electrons. The lowest BCUT2D eigenvalue weighted by atomic mass is 9.99. The topological polar surface area (TPSA) is 118 Å². The summed E-state index contributed by atoms with van der Waals surface area (Å²) in [6.07, 6.45) is 1.27. The number of anilines is 1. The summed E-state index contributed by atoms with van der Waals surface area (Å²) in [5, 5.41) is 0. The fourth-order valence-corrected chi connectivity index (χ4v) is 2.24. The van der Waals surface area contributed by atoms with Crippen molar-refractivity contribution in [2.24, 2.45) is 0 Å². The van der Waals surface area contributed by atoms with Crippen LogP contribution in [0.5, 0.6) is 0 Å². The van der Waals surface area contributed by atoms with E-state index in [0.717, 1.165) is 0 Å². The molecule has 0 atom stereocenters. The van der Waals surface area contributed by atoms with E-state index in [1.165, 1.54) is 6.08 Å². The van der Waals surface area contributed by atoms with Gasteiger partial charge in [0.2, 0.25) is 0 Å². The number of rotatable bonds is 5. The van der Waals surface area contributed by atoms with Crippen LogP contribution >= 0.6 is 0 Å². The number of ether oxygens (including phenoxy) is 3. The Labute approximate surface area is 165 Å². The number of nitrogens with zero attached hydrogens (tertiary/aromatic N) is 1. The summed E-state index contributed by atoms with van der Waals surface area (Å²) in [7, 11) is 0. The maximum absolute atomic E-state index is 12.9. The highest BCUT2D eigenvalue weighted by atomic mass is 16.6. The molecule has 0 fully saturated rings. The average molecular weight is 392 g/mol. The monoisotopic (exact) mass is 392 g/mol. The minimum atomic E-state index is -0.917. The van der Waals surface area contributed by atoms with Gasteiger partial charge in [0.05, 0.1) is 12.2 Å². The highest BCUT2D eigenvalue weighted by Gasteiger charge is 2.35. The summed E-state index contributed by atoms with van der Waals surface area (Å²) >= 11 is 0. The Morgan fingerprint density at radius 3 is 1.89 bits per heavy atom. The van der Waals surface area contributed by atoms with Crippen LogP contribution in [0.2, 0.25) is 0 Å². The van der Waals surface area contributed by atoms with Crippen molar-refractivity contribution in [1.82, 2.24) is 4.98 Å². The van der Waals surface area contributed by atoms with E-state index in [0.29, 0.717) is 0 Å². The van der Waals surface area contributed by atoms with Gasteiger partial charge in [-0.05, 0) is 48.5 Å². The van der Waals surface area contributed by atoms with Gasteiger partial charge in [0.1, 0.15) is 22.6 Å². The molecule has 0 bridgehead atoms. The van der Waals surface area contributed by atoms with E-state index in [1.54, 1.807) is 48.5 Å². The van der Waals surface area contributed by atoms with Crippen LogP contribution in [0.1, 0.15) is 85.2 Å². The van der Waals surface area contributed by atoms with Gasteiger partial charge in [-0.1, -0.05) is 12.7 Å². The van der Waals surface area contributed by atoms with Crippen molar-refractivity contribution in [3.63, 3.8) is 0 Å². The number of nitrogens with two attached hydrogens (primary N) is 1. The molecule has 0 saturated carbocycles. The summed E-state index contributed by atoms with van der Waals surface area (Å²) in [4.78, 5) is 42.2. The third-order valence-electron chi connectivity index (χ3n) is 3.14. The van der Waals surface area contributed by atoms with Crippen molar-refractivity contribution in [1.29, 1.82) is 0 Å². The number of hydrogen-bond acceptors (Lipinski definition) is 8. The maximum atomic E-state index is 12.9. The smallest absolute Gasteiger partial charge is 0.358 e. The Balaban J connectivity index is 3.82. The number of hydrogen-bond donors (Lipinski definition) is 1. The molecule has 0 amide bonds. The number of esters is 3. The van der Waals surface area contributed by atoms with Crippen LogP contribution in [0.15, 0.2) is 6.58 Å². The van der Waals surface area contributed by atoms with E-state index < -0.39 is 34.8 Å².